The van der Waals surface area contributed by atoms with Crippen LogP contribution in [-0.2, 0) is 4.79 Å². The second-order valence-electron chi connectivity index (χ2n) is 4.38. The van der Waals surface area contributed by atoms with Crippen LogP contribution in [0.4, 0.5) is 0 Å². The summed E-state index contributed by atoms with van der Waals surface area (Å²) in [6.07, 6.45) is 5.12. The number of carbonyl (C=O) groups is 1. The number of hydrogen-bond donors (Lipinski definition) is 0. The zero-order chi connectivity index (χ0) is 12.0. The number of ketones is 1. The van der Waals surface area contributed by atoms with Crippen LogP contribution in [0.3, 0.4) is 0 Å². The van der Waals surface area contributed by atoms with Crippen molar-refractivity contribution in [3.05, 3.63) is 13.2 Å². The fourth-order valence-electron chi connectivity index (χ4n) is 2.59. The van der Waals surface area contributed by atoms with Gasteiger partial charge in [-0.2, -0.15) is 5.26 Å². The zero-order valence-electron chi connectivity index (χ0n) is 9.87. The molecule has 2 rings (SSSR count). The Kier molecular flexibility index (Phi) is 4.70. The highest BCUT2D eigenvalue weighted by Crippen LogP contribution is 2.33. The third-order valence-corrected chi connectivity index (χ3v) is 3.55. The molecule has 1 saturated carbocycles. The summed E-state index contributed by atoms with van der Waals surface area (Å²) in [6, 6.07) is 2.45. The lowest BCUT2D eigenvalue weighted by atomic mass is 9.81. The van der Waals surface area contributed by atoms with E-state index < -0.39 is 0 Å². The minimum atomic E-state index is -0.301. The maximum absolute atomic E-state index is 11.2. The van der Waals surface area contributed by atoms with Crippen molar-refractivity contribution in [3.63, 3.8) is 0 Å². The smallest absolute Gasteiger partial charge is 0.133 e. The van der Waals surface area contributed by atoms with Crippen molar-refractivity contribution in [2.75, 3.05) is 13.1 Å². The highest BCUT2D eigenvalue weighted by atomic mass is 16.1. The summed E-state index contributed by atoms with van der Waals surface area (Å²) in [6.45, 7) is 8.09. The third-order valence-electron chi connectivity index (χ3n) is 3.55. The maximum Gasteiger partial charge on any atom is 0.133 e. The van der Waals surface area contributed by atoms with Gasteiger partial charge >= 0.3 is 0 Å². The highest BCUT2D eigenvalue weighted by molar-refractivity contribution is 5.79. The number of nitriles is 1. The summed E-state index contributed by atoms with van der Waals surface area (Å²) in [5.74, 6) is 0.329. The first-order valence-electron chi connectivity index (χ1n) is 5.95. The fourth-order valence-corrected chi connectivity index (χ4v) is 2.59. The summed E-state index contributed by atoms with van der Waals surface area (Å²) in [5, 5.41) is 9.29. The number of rotatable bonds is 1. The molecule has 0 aromatic carbocycles. The molecule has 16 heavy (non-hydrogen) atoms. The molecule has 1 saturated heterocycles. The van der Waals surface area contributed by atoms with Gasteiger partial charge in [0.05, 0.1) is 6.07 Å². The van der Waals surface area contributed by atoms with E-state index >= 15 is 0 Å². The molecular formula is C13H20N2O. The molecule has 0 N–H and O–H groups in total. The first-order valence-corrected chi connectivity index (χ1v) is 5.95. The Morgan fingerprint density at radius 3 is 2.12 bits per heavy atom. The summed E-state index contributed by atoms with van der Waals surface area (Å²) >= 11 is 0. The first kappa shape index (κ1) is 12.9. The number of likely N-dealkylation sites (tertiary alicyclic amines) is 1. The predicted molar refractivity (Wildman–Crippen MR) is 63.9 cm³/mol. The molecule has 0 amide bonds. The molecule has 0 aromatic rings. The first-order chi connectivity index (χ1) is 7.77. The van der Waals surface area contributed by atoms with Gasteiger partial charge in [-0.25, -0.2) is 0 Å². The molecule has 3 heteroatoms. The third kappa shape index (κ3) is 2.51. The van der Waals surface area contributed by atoms with E-state index in [2.05, 4.69) is 24.1 Å². The molecule has 2 aliphatic rings. The van der Waals surface area contributed by atoms with E-state index in [1.54, 1.807) is 0 Å². The van der Waals surface area contributed by atoms with Crippen molar-refractivity contribution < 1.29 is 4.79 Å². The van der Waals surface area contributed by atoms with Gasteiger partial charge in [0.1, 0.15) is 11.3 Å². The average molecular weight is 220 g/mol. The van der Waals surface area contributed by atoms with Crippen molar-refractivity contribution >= 4 is 5.78 Å². The quantitative estimate of drug-likeness (QED) is 0.637. The summed E-state index contributed by atoms with van der Waals surface area (Å²) in [7, 11) is 0. The van der Waals surface area contributed by atoms with Gasteiger partial charge in [-0.15, -0.1) is 13.2 Å². The minimum absolute atomic E-state index is 0.301. The second kappa shape index (κ2) is 5.81. The van der Waals surface area contributed by atoms with Gasteiger partial charge in [-0.3, -0.25) is 9.69 Å². The van der Waals surface area contributed by atoms with E-state index in [0.717, 1.165) is 25.9 Å². The van der Waals surface area contributed by atoms with E-state index in [1.807, 2.05) is 0 Å². The SMILES string of the molecule is C=C.N#CC1(N2CCCC2)CCC(=O)CC1. The molecule has 0 radical (unpaired) electrons. The van der Waals surface area contributed by atoms with Crippen molar-refractivity contribution in [3.8, 4) is 6.07 Å². The lowest BCUT2D eigenvalue weighted by Crippen LogP contribution is -2.48. The van der Waals surface area contributed by atoms with Gasteiger partial charge in [0.2, 0.25) is 0 Å². The largest absolute Gasteiger partial charge is 0.300 e. The lowest BCUT2D eigenvalue weighted by molar-refractivity contribution is -0.122. The molecule has 3 nitrogen and oxygen atoms in total. The number of Topliss-reactive ketones (excluding diaryl/α,β-unsaturated/α-hetero) is 1. The average Bonchev–Trinajstić information content (AvgIpc) is 2.87. The van der Waals surface area contributed by atoms with E-state index in [-0.39, 0.29) is 5.54 Å². The van der Waals surface area contributed by atoms with Crippen molar-refractivity contribution in [2.45, 2.75) is 44.1 Å². The van der Waals surface area contributed by atoms with Gasteiger partial charge in [0.25, 0.3) is 0 Å². The number of nitrogens with zero attached hydrogens (tertiary/aromatic N) is 2. The van der Waals surface area contributed by atoms with Crippen LogP contribution in [-0.4, -0.2) is 29.3 Å². The Morgan fingerprint density at radius 1 is 1.19 bits per heavy atom. The molecular weight excluding hydrogens is 200 g/mol. The lowest BCUT2D eigenvalue weighted by Gasteiger charge is -2.38. The molecule has 1 aliphatic heterocycles. The van der Waals surface area contributed by atoms with Crippen LogP contribution in [0.1, 0.15) is 38.5 Å². The van der Waals surface area contributed by atoms with Crippen molar-refractivity contribution in [1.82, 2.24) is 4.90 Å². The second-order valence-corrected chi connectivity index (χ2v) is 4.38. The predicted octanol–water partition coefficient (Wildman–Crippen LogP) is 2.29. The van der Waals surface area contributed by atoms with Crippen LogP contribution in [0.5, 0.6) is 0 Å². The van der Waals surface area contributed by atoms with Crippen molar-refractivity contribution in [2.24, 2.45) is 0 Å². The van der Waals surface area contributed by atoms with Gasteiger partial charge in [-0.1, -0.05) is 0 Å². The maximum atomic E-state index is 11.2. The normalized spacial score (nSPS) is 24.3. The Bertz CT molecular complexity index is 277. The Hall–Kier alpha value is -1.14. The van der Waals surface area contributed by atoms with E-state index in [0.29, 0.717) is 18.6 Å². The van der Waals surface area contributed by atoms with Crippen LogP contribution >= 0.6 is 0 Å². The molecule has 0 aromatic heterocycles. The summed E-state index contributed by atoms with van der Waals surface area (Å²) in [5.41, 5.74) is -0.301. The van der Waals surface area contributed by atoms with E-state index in [9.17, 15) is 10.1 Å². The van der Waals surface area contributed by atoms with Crippen molar-refractivity contribution in [1.29, 1.82) is 5.26 Å². The van der Waals surface area contributed by atoms with E-state index in [4.69, 9.17) is 0 Å². The Balaban J connectivity index is 0.000000606. The number of hydrogen-bond acceptors (Lipinski definition) is 3. The van der Waals surface area contributed by atoms with Gasteiger partial charge < -0.3 is 0 Å². The topological polar surface area (TPSA) is 44.1 Å². The minimum Gasteiger partial charge on any atom is -0.300 e. The Morgan fingerprint density at radius 2 is 1.69 bits per heavy atom. The molecule has 0 spiro atoms. The van der Waals surface area contributed by atoms with Gasteiger partial charge in [0, 0.05) is 12.8 Å². The van der Waals surface area contributed by atoms with Crippen LogP contribution < -0.4 is 0 Å². The van der Waals surface area contributed by atoms with Gasteiger partial charge in [0.15, 0.2) is 0 Å². The van der Waals surface area contributed by atoms with Crippen LogP contribution in [0, 0.1) is 11.3 Å². The monoisotopic (exact) mass is 220 g/mol. The molecule has 0 atom stereocenters. The summed E-state index contributed by atoms with van der Waals surface area (Å²) < 4.78 is 0. The molecule has 88 valence electrons. The zero-order valence-corrected chi connectivity index (χ0v) is 9.87. The van der Waals surface area contributed by atoms with Crippen LogP contribution in [0.2, 0.25) is 0 Å². The molecule has 1 heterocycles. The van der Waals surface area contributed by atoms with Crippen LogP contribution in [0.15, 0.2) is 13.2 Å². The fraction of sp³-hybridized carbons (Fsp3) is 0.692. The standard InChI is InChI=1S/C11H16N2O.C2H4/c12-9-11(13-7-1-2-8-13)5-3-10(14)4-6-11;1-2/h1-8H2;1-2H2. The molecule has 2 fully saturated rings. The molecule has 1 aliphatic carbocycles. The number of carbonyl (C=O) groups excluding carboxylic acids is 1. The van der Waals surface area contributed by atoms with Crippen LogP contribution in [0.25, 0.3) is 0 Å². The Labute approximate surface area is 97.7 Å². The molecule has 0 unspecified atom stereocenters. The molecule has 0 bridgehead atoms. The van der Waals surface area contributed by atoms with E-state index in [1.165, 1.54) is 12.8 Å². The highest BCUT2D eigenvalue weighted by Gasteiger charge is 2.41. The van der Waals surface area contributed by atoms with Gasteiger partial charge in [-0.05, 0) is 38.8 Å². The summed E-state index contributed by atoms with van der Waals surface area (Å²) in [4.78, 5) is 13.4.